The number of carbonyl (C=O) groups excluding carboxylic acids is 1. The van der Waals surface area contributed by atoms with Gasteiger partial charge in [-0.2, -0.15) is 4.58 Å². The summed E-state index contributed by atoms with van der Waals surface area (Å²) < 4.78 is 7.45. The standard InChI is InChI=1S/C22H28NO2/c1-5-25-20(24)12-8-9-15-23-16(2)22(3,4)21-18-11-7-6-10-17(18)13-14-19(21)23/h6-7,10-11,13-14H,5,8-9,12,15H2,1-4H3/q+1. The second-order valence-electron chi connectivity index (χ2n) is 7.31. The van der Waals surface area contributed by atoms with E-state index in [1.54, 1.807) is 0 Å². The Morgan fingerprint density at radius 2 is 1.88 bits per heavy atom. The molecule has 0 amide bonds. The molecule has 0 unspecified atom stereocenters. The molecule has 3 heteroatoms. The average Bonchev–Trinajstić information content (AvgIpc) is 2.79. The molecule has 0 spiro atoms. The molecule has 0 N–H and O–H groups in total. The van der Waals surface area contributed by atoms with E-state index in [-0.39, 0.29) is 11.4 Å². The van der Waals surface area contributed by atoms with Gasteiger partial charge in [-0.15, -0.1) is 0 Å². The number of benzene rings is 2. The average molecular weight is 338 g/mol. The number of unbranched alkanes of at least 4 members (excludes halogenated alkanes) is 1. The van der Waals surface area contributed by atoms with Crippen molar-refractivity contribution in [3.63, 3.8) is 0 Å². The number of rotatable bonds is 6. The summed E-state index contributed by atoms with van der Waals surface area (Å²) >= 11 is 0. The minimum absolute atomic E-state index is 0.0251. The highest BCUT2D eigenvalue weighted by Gasteiger charge is 2.43. The summed E-state index contributed by atoms with van der Waals surface area (Å²) in [5, 5.41) is 2.64. The first-order valence-corrected chi connectivity index (χ1v) is 9.26. The van der Waals surface area contributed by atoms with E-state index in [1.165, 1.54) is 27.7 Å². The van der Waals surface area contributed by atoms with Gasteiger partial charge >= 0.3 is 5.97 Å². The van der Waals surface area contributed by atoms with Crippen LogP contribution in [0.4, 0.5) is 5.69 Å². The van der Waals surface area contributed by atoms with Gasteiger partial charge in [0.15, 0.2) is 5.71 Å². The van der Waals surface area contributed by atoms with Crippen LogP contribution < -0.4 is 0 Å². The number of esters is 1. The third-order valence-corrected chi connectivity index (χ3v) is 5.45. The fourth-order valence-electron chi connectivity index (χ4n) is 3.90. The summed E-state index contributed by atoms with van der Waals surface area (Å²) in [5.74, 6) is -0.0867. The Hall–Kier alpha value is -2.16. The third-order valence-electron chi connectivity index (χ3n) is 5.45. The van der Waals surface area contributed by atoms with Gasteiger partial charge in [-0.25, -0.2) is 0 Å². The molecule has 0 aromatic heterocycles. The molecule has 1 aliphatic heterocycles. The number of hydrogen-bond donors (Lipinski definition) is 0. The van der Waals surface area contributed by atoms with Crippen molar-refractivity contribution in [2.45, 2.75) is 52.4 Å². The van der Waals surface area contributed by atoms with Crippen LogP contribution in [-0.2, 0) is 14.9 Å². The maximum atomic E-state index is 11.5. The zero-order valence-corrected chi connectivity index (χ0v) is 15.8. The molecule has 0 fully saturated rings. The molecule has 0 saturated carbocycles. The monoisotopic (exact) mass is 338 g/mol. The van der Waals surface area contributed by atoms with Gasteiger partial charge < -0.3 is 4.74 Å². The molecule has 2 aromatic rings. The molecule has 0 bridgehead atoms. The van der Waals surface area contributed by atoms with Crippen molar-refractivity contribution < 1.29 is 14.1 Å². The number of nitrogens with zero attached hydrogens (tertiary/aromatic N) is 1. The Morgan fingerprint density at radius 1 is 1.12 bits per heavy atom. The Morgan fingerprint density at radius 3 is 2.64 bits per heavy atom. The second-order valence-corrected chi connectivity index (χ2v) is 7.31. The number of hydrogen-bond acceptors (Lipinski definition) is 2. The van der Waals surface area contributed by atoms with Crippen molar-refractivity contribution in [2.75, 3.05) is 13.2 Å². The van der Waals surface area contributed by atoms with Crippen molar-refractivity contribution >= 4 is 28.1 Å². The molecule has 0 radical (unpaired) electrons. The lowest BCUT2D eigenvalue weighted by Gasteiger charge is -2.17. The Labute approximate surface area is 150 Å². The zero-order valence-electron chi connectivity index (χ0n) is 15.8. The van der Waals surface area contributed by atoms with E-state index < -0.39 is 0 Å². The highest BCUT2D eigenvalue weighted by molar-refractivity contribution is 6.01. The molecule has 0 atom stereocenters. The Balaban J connectivity index is 1.83. The van der Waals surface area contributed by atoms with Crippen LogP contribution in [0.2, 0.25) is 0 Å². The first-order chi connectivity index (χ1) is 12.0. The Kier molecular flexibility index (Phi) is 4.94. The maximum Gasteiger partial charge on any atom is 0.305 e. The maximum absolute atomic E-state index is 11.5. The van der Waals surface area contributed by atoms with E-state index in [4.69, 9.17) is 4.74 Å². The Bertz CT molecular complexity index is 833. The molecular weight excluding hydrogens is 310 g/mol. The zero-order chi connectivity index (χ0) is 18.0. The van der Waals surface area contributed by atoms with Crippen LogP contribution in [0.25, 0.3) is 10.8 Å². The minimum atomic E-state index is -0.0867. The highest BCUT2D eigenvalue weighted by atomic mass is 16.5. The van der Waals surface area contributed by atoms with Crippen molar-refractivity contribution in [3.05, 3.63) is 42.0 Å². The molecule has 3 nitrogen and oxygen atoms in total. The van der Waals surface area contributed by atoms with Gasteiger partial charge in [0.25, 0.3) is 0 Å². The summed E-state index contributed by atoms with van der Waals surface area (Å²) in [7, 11) is 0. The van der Waals surface area contributed by atoms with E-state index in [9.17, 15) is 4.79 Å². The predicted octanol–water partition coefficient (Wildman–Crippen LogP) is 4.97. The van der Waals surface area contributed by atoms with E-state index in [0.29, 0.717) is 13.0 Å². The van der Waals surface area contributed by atoms with Gasteiger partial charge in [0.05, 0.1) is 12.0 Å². The fraction of sp³-hybridized carbons (Fsp3) is 0.455. The molecule has 132 valence electrons. The van der Waals surface area contributed by atoms with Crippen molar-refractivity contribution in [1.82, 2.24) is 0 Å². The molecule has 0 saturated heterocycles. The molecule has 25 heavy (non-hydrogen) atoms. The van der Waals surface area contributed by atoms with Crippen LogP contribution in [0.5, 0.6) is 0 Å². The summed E-state index contributed by atoms with van der Waals surface area (Å²) in [6.07, 6.45) is 2.36. The normalized spacial score (nSPS) is 15.5. The molecule has 0 aliphatic carbocycles. The number of ether oxygens (including phenoxy) is 1. The van der Waals surface area contributed by atoms with Crippen LogP contribution in [0.1, 0.15) is 52.5 Å². The second kappa shape index (κ2) is 6.99. The van der Waals surface area contributed by atoms with E-state index in [1.807, 2.05) is 6.92 Å². The quantitative estimate of drug-likeness (QED) is 0.423. The summed E-state index contributed by atoms with van der Waals surface area (Å²) in [4.78, 5) is 11.5. The van der Waals surface area contributed by atoms with Crippen LogP contribution in [0.3, 0.4) is 0 Å². The predicted molar refractivity (Wildman–Crippen MR) is 103 cm³/mol. The molecular formula is C22H28NO2+. The first kappa shape index (κ1) is 17.7. The molecule has 3 rings (SSSR count). The van der Waals surface area contributed by atoms with Crippen molar-refractivity contribution in [2.24, 2.45) is 0 Å². The SMILES string of the molecule is CCOC(=O)CCCC[N+]1=C(C)C(C)(C)c2c1ccc1ccccc21. The third kappa shape index (κ3) is 3.20. The summed E-state index contributed by atoms with van der Waals surface area (Å²) in [6.45, 7) is 10.1. The molecule has 1 aliphatic rings. The van der Waals surface area contributed by atoms with Gasteiger partial charge in [-0.3, -0.25) is 4.79 Å². The van der Waals surface area contributed by atoms with Crippen LogP contribution in [0.15, 0.2) is 36.4 Å². The molecule has 2 aromatic carbocycles. The smallest absolute Gasteiger partial charge is 0.305 e. The van der Waals surface area contributed by atoms with Gasteiger partial charge in [-0.1, -0.05) is 24.3 Å². The van der Waals surface area contributed by atoms with Gasteiger partial charge in [0.1, 0.15) is 6.54 Å². The van der Waals surface area contributed by atoms with Gasteiger partial charge in [0.2, 0.25) is 5.69 Å². The first-order valence-electron chi connectivity index (χ1n) is 9.26. The van der Waals surface area contributed by atoms with Crippen molar-refractivity contribution in [1.29, 1.82) is 0 Å². The largest absolute Gasteiger partial charge is 0.466 e. The minimum Gasteiger partial charge on any atom is -0.466 e. The highest BCUT2D eigenvalue weighted by Crippen LogP contribution is 2.43. The van der Waals surface area contributed by atoms with Crippen molar-refractivity contribution in [3.8, 4) is 0 Å². The summed E-state index contributed by atoms with van der Waals surface area (Å²) in [6, 6.07) is 13.1. The summed E-state index contributed by atoms with van der Waals surface area (Å²) in [5.41, 5.74) is 4.15. The van der Waals surface area contributed by atoms with Crippen LogP contribution in [-0.4, -0.2) is 29.4 Å². The molecule has 1 heterocycles. The lowest BCUT2D eigenvalue weighted by Crippen LogP contribution is -2.27. The number of carbonyl (C=O) groups is 1. The van der Waals surface area contributed by atoms with Gasteiger partial charge in [-0.05, 0) is 44.0 Å². The lowest BCUT2D eigenvalue weighted by atomic mass is 9.80. The van der Waals surface area contributed by atoms with Gasteiger partial charge in [0, 0.05) is 31.4 Å². The van der Waals surface area contributed by atoms with Crippen LogP contribution in [0, 0.1) is 0 Å². The van der Waals surface area contributed by atoms with Crippen LogP contribution >= 0.6 is 0 Å². The lowest BCUT2D eigenvalue weighted by molar-refractivity contribution is -0.439. The van der Waals surface area contributed by atoms with E-state index >= 15 is 0 Å². The topological polar surface area (TPSA) is 29.3 Å². The fourth-order valence-corrected chi connectivity index (χ4v) is 3.90. The number of fused-ring (bicyclic) bond motifs is 3. The van der Waals surface area contributed by atoms with E-state index in [2.05, 4.69) is 61.7 Å². The van der Waals surface area contributed by atoms with E-state index in [0.717, 1.165) is 19.4 Å².